The highest BCUT2D eigenvalue weighted by atomic mass is 32.2. The average molecular weight is 358 g/mol. The molecule has 1 aromatic heterocycles. The van der Waals surface area contributed by atoms with Gasteiger partial charge in [-0.3, -0.25) is 14.9 Å². The Morgan fingerprint density at radius 3 is 2.76 bits per heavy atom. The van der Waals surface area contributed by atoms with E-state index in [4.69, 9.17) is 8.85 Å². The summed E-state index contributed by atoms with van der Waals surface area (Å²) in [6.07, 6.45) is 3.16. The molecule has 0 saturated carbocycles. The van der Waals surface area contributed by atoms with Crippen LogP contribution in [0.4, 0.5) is 10.6 Å². The van der Waals surface area contributed by atoms with Crippen LogP contribution in [0.5, 0.6) is 5.75 Å². The summed E-state index contributed by atoms with van der Waals surface area (Å²) < 4.78 is 28.7. The molecular formula is C18H17N3O3S. The number of anilines is 1. The summed E-state index contributed by atoms with van der Waals surface area (Å²) in [6.45, 7) is -2.04. The van der Waals surface area contributed by atoms with Crippen LogP contribution in [0.25, 0.3) is 6.08 Å². The van der Waals surface area contributed by atoms with E-state index in [1.807, 2.05) is 0 Å². The summed E-state index contributed by atoms with van der Waals surface area (Å²) >= 11 is 0.856. The monoisotopic (exact) mass is 358 g/mol. The Morgan fingerprint density at radius 2 is 2.12 bits per heavy atom. The first-order valence-electron chi connectivity index (χ1n) is 8.99. The summed E-state index contributed by atoms with van der Waals surface area (Å²) in [5.74, 6) is 0.512. The van der Waals surface area contributed by atoms with Crippen LogP contribution < -0.4 is 15.0 Å². The number of benzene rings is 1. The van der Waals surface area contributed by atoms with Gasteiger partial charge >= 0.3 is 0 Å². The molecule has 0 radical (unpaired) electrons. The second-order valence-electron chi connectivity index (χ2n) is 5.11. The zero-order valence-corrected chi connectivity index (χ0v) is 14.0. The number of carbonyl (C=O) groups is 2. The fourth-order valence-electron chi connectivity index (χ4n) is 2.12. The zero-order valence-electron chi connectivity index (χ0n) is 16.1. The third kappa shape index (κ3) is 4.60. The smallest absolute Gasteiger partial charge is 0.290 e. The summed E-state index contributed by atoms with van der Waals surface area (Å²) in [6, 6.07) is 12.0. The molecule has 2 aromatic rings. The number of pyridine rings is 1. The van der Waals surface area contributed by atoms with E-state index in [2.05, 4.69) is 10.3 Å². The van der Waals surface area contributed by atoms with Crippen molar-refractivity contribution in [3.63, 3.8) is 0 Å². The van der Waals surface area contributed by atoms with Gasteiger partial charge in [-0.15, -0.1) is 0 Å². The Bertz CT molecular complexity index is 886. The molecule has 128 valence electrons. The first-order chi connectivity index (χ1) is 13.3. The third-order valence-electron chi connectivity index (χ3n) is 3.33. The molecule has 6 nitrogen and oxygen atoms in total. The number of nitrogens with zero attached hydrogens (tertiary/aromatic N) is 2. The highest BCUT2D eigenvalue weighted by molar-refractivity contribution is 8.18. The normalized spacial score (nSPS) is 17.6. The minimum absolute atomic E-state index is 0.137. The highest BCUT2D eigenvalue weighted by Gasteiger charge is 2.24. The lowest BCUT2D eigenvalue weighted by Crippen LogP contribution is -2.24. The lowest BCUT2D eigenvalue weighted by molar-refractivity contribution is -0.115. The van der Waals surface area contributed by atoms with Crippen molar-refractivity contribution >= 4 is 34.8 Å². The van der Waals surface area contributed by atoms with Gasteiger partial charge in [-0.25, -0.2) is 4.98 Å². The number of rotatable bonds is 6. The molecule has 0 bridgehead atoms. The van der Waals surface area contributed by atoms with Crippen LogP contribution in [0.15, 0.2) is 53.6 Å². The third-order valence-corrected chi connectivity index (χ3v) is 4.14. The molecule has 1 saturated heterocycles. The molecule has 1 aliphatic rings. The standard InChI is InChI=1S/C18H17N3O3S/c1-21(16-4-2-3-9-19-16)10-11-24-14-7-5-13(6-8-14)12-15-17(22)20-18(23)25-15/h2-9,12H,10-11H2,1H3,(H,20,22,23)/b15-12+/i1D3. The molecular weight excluding hydrogens is 338 g/mol. The number of imide groups is 1. The first-order valence-corrected chi connectivity index (χ1v) is 8.31. The summed E-state index contributed by atoms with van der Waals surface area (Å²) in [5.41, 5.74) is 0.748. The molecule has 0 unspecified atom stereocenters. The van der Waals surface area contributed by atoms with E-state index in [1.165, 1.54) is 4.90 Å². The number of hydrogen-bond donors (Lipinski definition) is 1. The van der Waals surface area contributed by atoms with Crippen molar-refractivity contribution < 1.29 is 18.4 Å². The van der Waals surface area contributed by atoms with Crippen LogP contribution in [-0.2, 0) is 4.79 Å². The Balaban J connectivity index is 1.59. The number of thioether (sulfide) groups is 1. The molecule has 1 N–H and O–H groups in total. The van der Waals surface area contributed by atoms with E-state index in [1.54, 1.807) is 54.7 Å². The Hall–Kier alpha value is -2.80. The van der Waals surface area contributed by atoms with Gasteiger partial charge < -0.3 is 9.64 Å². The van der Waals surface area contributed by atoms with Gasteiger partial charge in [-0.05, 0) is 47.7 Å². The highest BCUT2D eigenvalue weighted by Crippen LogP contribution is 2.26. The lowest BCUT2D eigenvalue weighted by atomic mass is 10.2. The number of ether oxygens (including phenoxy) is 1. The second kappa shape index (κ2) is 7.85. The molecule has 1 aromatic carbocycles. The predicted octanol–water partition coefficient (Wildman–Crippen LogP) is 2.92. The molecule has 0 aliphatic carbocycles. The van der Waals surface area contributed by atoms with Crippen LogP contribution in [-0.4, -0.2) is 36.3 Å². The van der Waals surface area contributed by atoms with Crippen LogP contribution in [0, 0.1) is 0 Å². The molecule has 3 rings (SSSR count). The SMILES string of the molecule is [2H]C([2H])([2H])N(CCOc1ccc(/C=C2/SC(=O)NC2=O)cc1)c1ccccn1. The van der Waals surface area contributed by atoms with E-state index in [0.717, 1.165) is 17.3 Å². The van der Waals surface area contributed by atoms with E-state index in [9.17, 15) is 9.59 Å². The lowest BCUT2D eigenvalue weighted by Gasteiger charge is -2.18. The largest absolute Gasteiger partial charge is 0.492 e. The van der Waals surface area contributed by atoms with Gasteiger partial charge in [0.1, 0.15) is 18.2 Å². The Morgan fingerprint density at radius 1 is 1.28 bits per heavy atom. The summed E-state index contributed by atoms with van der Waals surface area (Å²) in [7, 11) is 0. The van der Waals surface area contributed by atoms with E-state index < -0.39 is 12.9 Å². The maximum atomic E-state index is 11.6. The molecule has 7 heteroatoms. The number of aromatic nitrogens is 1. The number of amides is 2. The van der Waals surface area contributed by atoms with Gasteiger partial charge in [-0.2, -0.15) is 0 Å². The van der Waals surface area contributed by atoms with Crippen molar-refractivity contribution in [3.05, 3.63) is 59.1 Å². The summed E-state index contributed by atoms with van der Waals surface area (Å²) in [5, 5.41) is 1.81. The van der Waals surface area contributed by atoms with Gasteiger partial charge in [0.25, 0.3) is 11.1 Å². The Kier molecular flexibility index (Phi) is 4.23. The predicted molar refractivity (Wildman–Crippen MR) is 98.6 cm³/mol. The molecule has 2 amide bonds. The molecule has 1 fully saturated rings. The van der Waals surface area contributed by atoms with Crippen LogP contribution in [0.3, 0.4) is 0 Å². The van der Waals surface area contributed by atoms with E-state index in [-0.39, 0.29) is 18.4 Å². The molecule has 25 heavy (non-hydrogen) atoms. The quantitative estimate of drug-likeness (QED) is 0.801. The van der Waals surface area contributed by atoms with Crippen LogP contribution in [0.1, 0.15) is 9.68 Å². The van der Waals surface area contributed by atoms with Crippen molar-refractivity contribution in [2.45, 2.75) is 0 Å². The van der Waals surface area contributed by atoms with Crippen molar-refractivity contribution in [1.29, 1.82) is 0 Å². The number of likely N-dealkylation sites (N-methyl/N-ethyl adjacent to an activating group) is 1. The van der Waals surface area contributed by atoms with Crippen LogP contribution >= 0.6 is 11.8 Å². The van der Waals surface area contributed by atoms with E-state index >= 15 is 0 Å². The van der Waals surface area contributed by atoms with Crippen molar-refractivity contribution in [1.82, 2.24) is 10.3 Å². The minimum Gasteiger partial charge on any atom is -0.492 e. The number of hydrogen-bond acceptors (Lipinski definition) is 6. The molecule has 0 atom stereocenters. The van der Waals surface area contributed by atoms with E-state index in [0.29, 0.717) is 16.5 Å². The Labute approximate surface area is 154 Å². The molecule has 1 aliphatic heterocycles. The second-order valence-corrected chi connectivity index (χ2v) is 6.12. The molecule has 2 heterocycles. The fraction of sp³-hybridized carbons (Fsp3) is 0.167. The first kappa shape index (κ1) is 13.5. The average Bonchev–Trinajstić information content (AvgIpc) is 2.97. The van der Waals surface area contributed by atoms with Crippen LogP contribution in [0.2, 0.25) is 0 Å². The number of carbonyl (C=O) groups excluding carboxylic acids is 2. The van der Waals surface area contributed by atoms with Crippen molar-refractivity contribution in [2.24, 2.45) is 0 Å². The van der Waals surface area contributed by atoms with Gasteiger partial charge in [-0.1, -0.05) is 18.2 Å². The molecule has 0 spiro atoms. The van der Waals surface area contributed by atoms with Crippen molar-refractivity contribution in [2.75, 3.05) is 25.0 Å². The topological polar surface area (TPSA) is 71.5 Å². The fourth-order valence-corrected chi connectivity index (χ4v) is 2.80. The van der Waals surface area contributed by atoms with Gasteiger partial charge in [0.05, 0.1) is 11.4 Å². The maximum absolute atomic E-state index is 11.6. The maximum Gasteiger partial charge on any atom is 0.290 e. The van der Waals surface area contributed by atoms with Gasteiger partial charge in [0.15, 0.2) is 0 Å². The minimum atomic E-state index is -2.33. The van der Waals surface area contributed by atoms with Crippen molar-refractivity contribution in [3.8, 4) is 5.75 Å². The van der Waals surface area contributed by atoms with Gasteiger partial charge in [0, 0.05) is 17.3 Å². The number of nitrogens with one attached hydrogen (secondary N) is 1. The summed E-state index contributed by atoms with van der Waals surface area (Å²) in [4.78, 5) is 28.4. The zero-order chi connectivity index (χ0) is 20.1. The van der Waals surface area contributed by atoms with Gasteiger partial charge in [0.2, 0.25) is 0 Å².